The van der Waals surface area contributed by atoms with Gasteiger partial charge in [-0.05, 0) is 41.3 Å². The maximum atomic E-state index is 13.3. The first-order valence-electron chi connectivity index (χ1n) is 19.9. The van der Waals surface area contributed by atoms with Gasteiger partial charge in [0.05, 0.1) is 44.7 Å². The quantitative estimate of drug-likeness (QED) is 0.0811. The number of hydrogen-bond donors (Lipinski definition) is 0. The minimum absolute atomic E-state index is 0.0766. The third-order valence-corrected chi connectivity index (χ3v) is 10.3. The normalized spacial score (nSPS) is 25.9. The summed E-state index contributed by atoms with van der Waals surface area (Å²) in [6, 6.07) is 48.7. The van der Waals surface area contributed by atoms with Gasteiger partial charge in [-0.3, -0.25) is 0 Å². The lowest BCUT2D eigenvalue weighted by atomic mass is 9.97. The molecule has 2 aliphatic heterocycles. The largest absolute Gasteiger partial charge is 0.453 e. The van der Waals surface area contributed by atoms with Gasteiger partial charge in [0.2, 0.25) is 0 Å². The Bertz CT molecular complexity index is 1920. The van der Waals surface area contributed by atoms with Crippen LogP contribution in [0.25, 0.3) is 0 Å². The van der Waals surface area contributed by atoms with Crippen molar-refractivity contribution in [3.05, 3.63) is 179 Å². The van der Waals surface area contributed by atoms with Crippen molar-refractivity contribution >= 4 is 5.97 Å². The molecule has 0 amide bonds. The van der Waals surface area contributed by atoms with Crippen LogP contribution in [0.3, 0.4) is 0 Å². The number of esters is 1. The van der Waals surface area contributed by atoms with Crippen molar-refractivity contribution in [1.82, 2.24) is 0 Å². The molecule has 0 saturated carbocycles. The van der Waals surface area contributed by atoms with Gasteiger partial charge in [-0.15, -0.1) is 0 Å². The minimum Gasteiger partial charge on any atom is -0.453 e. The summed E-state index contributed by atoms with van der Waals surface area (Å²) < 4.78 is 58.2. The summed E-state index contributed by atoms with van der Waals surface area (Å²) in [7, 11) is 1.60. The second kappa shape index (κ2) is 21.3. The first-order chi connectivity index (χ1) is 28.5. The fourth-order valence-electron chi connectivity index (χ4n) is 7.26. The highest BCUT2D eigenvalue weighted by Crippen LogP contribution is 2.33. The molecule has 2 aliphatic rings. The molecule has 0 unspecified atom stereocenters. The molecule has 58 heavy (non-hydrogen) atoms. The number of carbonyl (C=O) groups is 1. The van der Waals surface area contributed by atoms with E-state index in [4.69, 9.17) is 42.6 Å². The molecule has 0 aliphatic carbocycles. The van der Waals surface area contributed by atoms with E-state index in [9.17, 15) is 4.79 Å². The van der Waals surface area contributed by atoms with E-state index in [1.165, 1.54) is 0 Å². The smallest absolute Gasteiger partial charge is 0.338 e. The van der Waals surface area contributed by atoms with Crippen LogP contribution >= 0.6 is 0 Å². The lowest BCUT2D eigenvalue weighted by Gasteiger charge is -2.46. The van der Waals surface area contributed by atoms with Gasteiger partial charge in [0.15, 0.2) is 18.7 Å². The summed E-state index contributed by atoms with van der Waals surface area (Å²) in [4.78, 5) is 13.3. The fraction of sp³-hybridized carbons (Fsp3) is 0.354. The van der Waals surface area contributed by atoms with Crippen LogP contribution in [0.15, 0.2) is 152 Å². The zero-order valence-corrected chi connectivity index (χ0v) is 33.0. The number of benzene rings is 5. The van der Waals surface area contributed by atoms with Crippen LogP contribution in [0, 0.1) is 0 Å². The summed E-state index contributed by atoms with van der Waals surface area (Å²) in [5, 5.41) is 0. The molecule has 304 valence electrons. The fourth-order valence-corrected chi connectivity index (χ4v) is 7.26. The van der Waals surface area contributed by atoms with E-state index in [0.717, 1.165) is 22.3 Å². The van der Waals surface area contributed by atoms with Gasteiger partial charge in [0.25, 0.3) is 0 Å². The van der Waals surface area contributed by atoms with Crippen molar-refractivity contribution in [2.45, 2.75) is 95.1 Å². The highest BCUT2D eigenvalue weighted by Gasteiger charge is 2.49. The number of hydrogen-bond acceptors (Lipinski definition) is 10. The lowest BCUT2D eigenvalue weighted by Crippen LogP contribution is -2.62. The molecule has 7 rings (SSSR count). The van der Waals surface area contributed by atoms with Crippen molar-refractivity contribution in [3.8, 4) is 0 Å². The second-order valence-corrected chi connectivity index (χ2v) is 14.5. The van der Waals surface area contributed by atoms with Crippen molar-refractivity contribution < 1.29 is 47.4 Å². The molecule has 0 N–H and O–H groups in total. The number of rotatable bonds is 18. The molecule has 2 fully saturated rings. The van der Waals surface area contributed by atoms with Crippen LogP contribution in [-0.2, 0) is 69.1 Å². The van der Waals surface area contributed by atoms with E-state index in [1.54, 1.807) is 31.4 Å². The zero-order chi connectivity index (χ0) is 39.9. The van der Waals surface area contributed by atoms with E-state index in [2.05, 4.69) is 0 Å². The Balaban J connectivity index is 1.11. The summed E-state index contributed by atoms with van der Waals surface area (Å²) in [5.41, 5.74) is 4.46. The van der Waals surface area contributed by atoms with Crippen LogP contribution in [0.5, 0.6) is 0 Å². The molecule has 10 nitrogen and oxygen atoms in total. The molecule has 0 bridgehead atoms. The topological polar surface area (TPSA) is 100 Å². The van der Waals surface area contributed by atoms with Crippen LogP contribution in [-0.4, -0.2) is 75.0 Å². The summed E-state index contributed by atoms with van der Waals surface area (Å²) in [5.74, 6) is -0.445. The van der Waals surface area contributed by atoms with Crippen LogP contribution in [0.4, 0.5) is 0 Å². The predicted molar refractivity (Wildman–Crippen MR) is 216 cm³/mol. The monoisotopic (exact) mass is 788 g/mol. The lowest BCUT2D eigenvalue weighted by molar-refractivity contribution is -0.332. The average molecular weight is 789 g/mol. The van der Waals surface area contributed by atoms with Crippen molar-refractivity contribution in [1.29, 1.82) is 0 Å². The van der Waals surface area contributed by atoms with Gasteiger partial charge in [-0.1, -0.05) is 140 Å². The molecule has 0 spiro atoms. The zero-order valence-electron chi connectivity index (χ0n) is 33.0. The van der Waals surface area contributed by atoms with E-state index in [-0.39, 0.29) is 6.61 Å². The van der Waals surface area contributed by atoms with Gasteiger partial charge in [-0.25, -0.2) is 4.79 Å². The Labute approximate surface area is 340 Å². The molecule has 0 aromatic heterocycles. The summed E-state index contributed by atoms with van der Waals surface area (Å²) in [6.07, 6.45) is -5.51. The molecule has 2 saturated heterocycles. The first-order valence-corrected chi connectivity index (χ1v) is 19.9. The molecule has 9 atom stereocenters. The SMILES string of the molecule is CO[C@H]1O[C@H](CO[C@H]2C[C@@H](OCc3ccccc3)[C@H](OC(=O)c3ccccc3)[C@@H](C)O2)[C@@H](OCc2ccccc2)[C@H](OCc2ccccc2)[C@H]1OCc1ccccc1. The standard InChI is InChI=1S/C48H52O10/c1-34-43(58-47(49)39-26-16-7-17-27-39)40(51-29-35-18-8-3-9-19-35)28-42(56-34)52-33-41-44(53-30-36-20-10-4-11-21-36)45(54-31-37-22-12-5-13-23-37)46(48(50-2)57-41)55-32-38-24-14-6-15-25-38/h3-27,34,40-46,48H,28-33H2,1-2H3/t34-,40-,41-,42-,43-,44-,45+,46-,48+/m1/s1. The van der Waals surface area contributed by atoms with Gasteiger partial charge >= 0.3 is 5.97 Å². The molecular formula is C48H52O10. The molecule has 5 aromatic carbocycles. The maximum absolute atomic E-state index is 13.3. The highest BCUT2D eigenvalue weighted by atomic mass is 16.7. The van der Waals surface area contributed by atoms with Crippen molar-refractivity contribution in [2.24, 2.45) is 0 Å². The molecule has 0 radical (unpaired) electrons. The van der Waals surface area contributed by atoms with E-state index < -0.39 is 61.3 Å². The maximum Gasteiger partial charge on any atom is 0.338 e. The first kappa shape index (κ1) is 41.4. The molecule has 5 aromatic rings. The Morgan fingerprint density at radius 3 is 1.48 bits per heavy atom. The van der Waals surface area contributed by atoms with Crippen LogP contribution < -0.4 is 0 Å². The Morgan fingerprint density at radius 1 is 0.534 bits per heavy atom. The van der Waals surface area contributed by atoms with Crippen molar-refractivity contribution in [2.75, 3.05) is 13.7 Å². The predicted octanol–water partition coefficient (Wildman–Crippen LogP) is 8.08. The Hall–Kier alpha value is -4.75. The molecule has 2 heterocycles. The van der Waals surface area contributed by atoms with Crippen LogP contribution in [0.2, 0.25) is 0 Å². The third kappa shape index (κ3) is 11.5. The third-order valence-electron chi connectivity index (χ3n) is 10.3. The Kier molecular flexibility index (Phi) is 15.2. The van der Waals surface area contributed by atoms with Gasteiger partial charge in [0.1, 0.15) is 30.5 Å². The summed E-state index contributed by atoms with van der Waals surface area (Å²) in [6.45, 7) is 3.21. The van der Waals surface area contributed by atoms with E-state index in [1.807, 2.05) is 134 Å². The second-order valence-electron chi connectivity index (χ2n) is 14.5. The summed E-state index contributed by atoms with van der Waals surface area (Å²) >= 11 is 0. The van der Waals surface area contributed by atoms with Crippen molar-refractivity contribution in [3.63, 3.8) is 0 Å². The molecular weight excluding hydrogens is 737 g/mol. The van der Waals surface area contributed by atoms with Gasteiger partial charge < -0.3 is 42.6 Å². The number of carbonyl (C=O) groups excluding carboxylic acids is 1. The van der Waals surface area contributed by atoms with Gasteiger partial charge in [-0.2, -0.15) is 0 Å². The average Bonchev–Trinajstić information content (AvgIpc) is 3.28. The number of ether oxygens (including phenoxy) is 9. The molecule has 10 heteroatoms. The van der Waals surface area contributed by atoms with E-state index in [0.29, 0.717) is 38.4 Å². The highest BCUT2D eigenvalue weighted by molar-refractivity contribution is 5.89. The number of methoxy groups -OCH3 is 1. The Morgan fingerprint density at radius 2 is 0.983 bits per heavy atom. The van der Waals surface area contributed by atoms with E-state index >= 15 is 0 Å². The van der Waals surface area contributed by atoms with Gasteiger partial charge in [0, 0.05) is 13.5 Å². The van der Waals surface area contributed by atoms with Crippen LogP contribution in [0.1, 0.15) is 46.0 Å². The minimum atomic E-state index is -0.801.